The second-order valence-electron chi connectivity index (χ2n) is 15.2. The van der Waals surface area contributed by atoms with Gasteiger partial charge in [-0.2, -0.15) is 0 Å². The first-order chi connectivity index (χ1) is 30.5. The summed E-state index contributed by atoms with van der Waals surface area (Å²) in [6.45, 7) is 12.4. The highest BCUT2D eigenvalue weighted by Crippen LogP contribution is 2.43. The van der Waals surface area contributed by atoms with Gasteiger partial charge < -0.3 is 8.98 Å². The van der Waals surface area contributed by atoms with Crippen LogP contribution in [0.2, 0.25) is 0 Å². The van der Waals surface area contributed by atoms with E-state index in [2.05, 4.69) is 152 Å². The predicted octanol–water partition coefficient (Wildman–Crippen LogP) is 14.9. The van der Waals surface area contributed by atoms with Gasteiger partial charge in [0.1, 0.15) is 11.2 Å². The van der Waals surface area contributed by atoms with Crippen molar-refractivity contribution in [3.8, 4) is 11.4 Å². The third kappa shape index (κ3) is 7.80. The van der Waals surface area contributed by atoms with E-state index in [0.717, 1.165) is 89.3 Å². The molecule has 62 heavy (non-hydrogen) atoms. The van der Waals surface area contributed by atoms with Crippen molar-refractivity contribution in [2.24, 2.45) is 0 Å². The first-order valence-electron chi connectivity index (χ1n) is 21.0. The molecule has 0 aliphatic carbocycles. The Morgan fingerprint density at radius 3 is 2.08 bits per heavy atom. The molecule has 0 aliphatic heterocycles. The maximum absolute atomic E-state index is 6.44. The molecule has 0 aliphatic rings. The molecule has 3 heterocycles. The number of hydrogen-bond donors (Lipinski definition) is 0. The molecule has 300 valence electrons. The molecule has 0 saturated carbocycles. The van der Waals surface area contributed by atoms with Gasteiger partial charge in [0.05, 0.1) is 11.0 Å². The molecule has 0 saturated heterocycles. The fraction of sp³-hybridized carbons (Fsp3) is 0.0702. The molecular formula is C57H46N4O. The molecule has 5 nitrogen and oxygen atoms in total. The molecule has 0 N–H and O–H groups in total. The summed E-state index contributed by atoms with van der Waals surface area (Å²) < 4.78 is 8.86. The van der Waals surface area contributed by atoms with E-state index in [0.29, 0.717) is 23.9 Å². The standard InChI is InChI=1S/C57H46N4O/c1-5-22-40(6-2)38-50(61-48-33-19-17-31-45(48)53-49(61)35-36-52-54(53)46-32-18-20-34-51(46)62-52)47(43-26-13-9-14-27-43)37-39(4)55-58-56(60-57(59-55)44-28-15-10-16-29-44)42(7-3)30-21-25-41-23-11-8-12-24-41/h5-24,26-37H,1-2,25,38H2,3-4H3/b30-21-,39-37+,40-22+,42-7+,50-47-. The second kappa shape index (κ2) is 17.8. The van der Waals surface area contributed by atoms with Gasteiger partial charge in [-0.05, 0) is 72.9 Å². The van der Waals surface area contributed by atoms with Gasteiger partial charge in [-0.15, -0.1) is 0 Å². The normalized spacial score (nSPS) is 13.1. The van der Waals surface area contributed by atoms with Crippen molar-refractivity contribution in [3.63, 3.8) is 0 Å². The zero-order valence-corrected chi connectivity index (χ0v) is 35.0. The molecule has 0 radical (unpaired) electrons. The minimum Gasteiger partial charge on any atom is -0.456 e. The number of para-hydroxylation sites is 2. The zero-order valence-electron chi connectivity index (χ0n) is 35.0. The van der Waals surface area contributed by atoms with Gasteiger partial charge in [-0.3, -0.25) is 0 Å². The lowest BCUT2D eigenvalue weighted by Gasteiger charge is -2.19. The highest BCUT2D eigenvalue weighted by atomic mass is 16.3. The van der Waals surface area contributed by atoms with Crippen LogP contribution in [-0.4, -0.2) is 19.5 Å². The van der Waals surface area contributed by atoms with E-state index >= 15 is 0 Å². The Morgan fingerprint density at radius 2 is 1.34 bits per heavy atom. The number of nitrogens with zero attached hydrogens (tertiary/aromatic N) is 4. The van der Waals surface area contributed by atoms with Crippen LogP contribution in [0.3, 0.4) is 0 Å². The number of aromatic nitrogens is 4. The van der Waals surface area contributed by atoms with Crippen LogP contribution < -0.4 is 0 Å². The Labute approximate surface area is 362 Å². The molecular weight excluding hydrogens is 757 g/mol. The largest absolute Gasteiger partial charge is 0.456 e. The van der Waals surface area contributed by atoms with Crippen LogP contribution in [0, 0.1) is 0 Å². The molecule has 0 fully saturated rings. The van der Waals surface area contributed by atoms with E-state index in [1.807, 2.05) is 73.7 Å². The van der Waals surface area contributed by atoms with Crippen LogP contribution in [0.5, 0.6) is 0 Å². The average molecular weight is 803 g/mol. The molecule has 0 bridgehead atoms. The van der Waals surface area contributed by atoms with E-state index in [1.54, 1.807) is 0 Å². The van der Waals surface area contributed by atoms with Gasteiger partial charge in [0, 0.05) is 50.4 Å². The lowest BCUT2D eigenvalue weighted by atomic mass is 9.96. The summed E-state index contributed by atoms with van der Waals surface area (Å²) in [7, 11) is 0. The second-order valence-corrected chi connectivity index (χ2v) is 15.2. The number of fused-ring (bicyclic) bond motifs is 7. The average Bonchev–Trinajstić information content (AvgIpc) is 3.87. The smallest absolute Gasteiger partial charge is 0.164 e. The fourth-order valence-electron chi connectivity index (χ4n) is 8.27. The van der Waals surface area contributed by atoms with E-state index in [9.17, 15) is 0 Å². The Hall–Kier alpha value is -7.89. The van der Waals surface area contributed by atoms with Crippen molar-refractivity contribution < 1.29 is 4.42 Å². The first-order valence-corrected chi connectivity index (χ1v) is 21.0. The summed E-state index contributed by atoms with van der Waals surface area (Å²) in [5, 5.41) is 4.49. The summed E-state index contributed by atoms with van der Waals surface area (Å²) >= 11 is 0. The van der Waals surface area contributed by atoms with Gasteiger partial charge in [-0.25, -0.2) is 15.0 Å². The van der Waals surface area contributed by atoms with Crippen LogP contribution in [0.15, 0.2) is 217 Å². The number of hydrogen-bond acceptors (Lipinski definition) is 4. The van der Waals surface area contributed by atoms with Gasteiger partial charge in [0.2, 0.25) is 0 Å². The summed E-state index contributed by atoms with van der Waals surface area (Å²) in [5.74, 6) is 1.82. The monoisotopic (exact) mass is 802 g/mol. The topological polar surface area (TPSA) is 56.7 Å². The van der Waals surface area contributed by atoms with E-state index in [1.165, 1.54) is 5.56 Å². The van der Waals surface area contributed by atoms with Crippen molar-refractivity contribution in [1.29, 1.82) is 0 Å². The molecule has 5 heteroatoms. The van der Waals surface area contributed by atoms with Crippen molar-refractivity contribution in [3.05, 3.63) is 236 Å². The lowest BCUT2D eigenvalue weighted by Crippen LogP contribution is -2.05. The lowest BCUT2D eigenvalue weighted by molar-refractivity contribution is 0.669. The SMILES string of the molecule is C=C/C=C(\C=C)C/C(=C(\C=C(/C)c1nc(C(/C=C\Cc2ccccc2)=C/C)nc(-c2ccccc2)n1)c1ccccc1)n1c2ccccc2c2c3c(ccc21)oc1ccccc13. The molecule has 0 atom stereocenters. The molecule has 0 unspecified atom stereocenters. The van der Waals surface area contributed by atoms with E-state index in [-0.39, 0.29) is 0 Å². The van der Waals surface area contributed by atoms with Gasteiger partial charge in [0.25, 0.3) is 0 Å². The van der Waals surface area contributed by atoms with Crippen LogP contribution in [0.1, 0.15) is 43.0 Å². The van der Waals surface area contributed by atoms with Gasteiger partial charge in [0.15, 0.2) is 17.5 Å². The Kier molecular flexibility index (Phi) is 11.3. The third-order valence-electron chi connectivity index (χ3n) is 11.3. The molecule has 0 amide bonds. The molecule has 3 aromatic heterocycles. The van der Waals surface area contributed by atoms with Gasteiger partial charge in [-0.1, -0.05) is 177 Å². The third-order valence-corrected chi connectivity index (χ3v) is 11.3. The highest BCUT2D eigenvalue weighted by Gasteiger charge is 2.22. The highest BCUT2D eigenvalue weighted by molar-refractivity contribution is 6.28. The molecule has 0 spiro atoms. The van der Waals surface area contributed by atoms with Crippen LogP contribution in [0.4, 0.5) is 0 Å². The first kappa shape index (κ1) is 39.6. The zero-order chi connectivity index (χ0) is 42.4. The molecule has 9 aromatic rings. The minimum absolute atomic E-state index is 0.564. The summed E-state index contributed by atoms with van der Waals surface area (Å²) in [4.78, 5) is 15.4. The summed E-state index contributed by atoms with van der Waals surface area (Å²) in [5.41, 5.74) is 12.0. The minimum atomic E-state index is 0.564. The maximum Gasteiger partial charge on any atom is 0.164 e. The molecule has 9 rings (SSSR count). The Bertz CT molecular complexity index is 3270. The number of benzene rings is 6. The van der Waals surface area contributed by atoms with Crippen molar-refractivity contribution in [1.82, 2.24) is 19.5 Å². The van der Waals surface area contributed by atoms with Gasteiger partial charge >= 0.3 is 0 Å². The van der Waals surface area contributed by atoms with E-state index in [4.69, 9.17) is 19.4 Å². The quantitative estimate of drug-likeness (QED) is 0.109. The summed E-state index contributed by atoms with van der Waals surface area (Å²) in [6, 6.07) is 52.4. The Morgan fingerprint density at radius 1 is 0.661 bits per heavy atom. The van der Waals surface area contributed by atoms with Crippen molar-refractivity contribution in [2.45, 2.75) is 26.7 Å². The Balaban J connectivity index is 1.31. The van der Waals surface area contributed by atoms with Crippen LogP contribution in [-0.2, 0) is 6.42 Å². The van der Waals surface area contributed by atoms with Crippen molar-refractivity contribution >= 4 is 66.2 Å². The fourth-order valence-corrected chi connectivity index (χ4v) is 8.27. The number of allylic oxidation sites excluding steroid dienone is 12. The van der Waals surface area contributed by atoms with Crippen LogP contribution >= 0.6 is 0 Å². The summed E-state index contributed by atoms with van der Waals surface area (Å²) in [6.07, 6.45) is 15.7. The molecule has 6 aromatic carbocycles. The van der Waals surface area contributed by atoms with Crippen LogP contribution in [0.25, 0.3) is 77.5 Å². The maximum atomic E-state index is 6.44. The van der Waals surface area contributed by atoms with Crippen molar-refractivity contribution in [2.75, 3.05) is 0 Å². The van der Waals surface area contributed by atoms with E-state index < -0.39 is 0 Å². The predicted molar refractivity (Wildman–Crippen MR) is 261 cm³/mol. The number of rotatable bonds is 13. The number of furan rings is 1.